The number of ether oxygens (including phenoxy) is 3. The number of benzene rings is 3. The van der Waals surface area contributed by atoms with E-state index < -0.39 is 11.6 Å². The van der Waals surface area contributed by atoms with E-state index in [-0.39, 0.29) is 29.3 Å². The van der Waals surface area contributed by atoms with E-state index in [2.05, 4.69) is 0 Å². The molecule has 0 aliphatic carbocycles. The molecule has 0 N–H and O–H groups in total. The third-order valence-electron chi connectivity index (χ3n) is 7.49. The number of methoxy groups -OCH3 is 1. The van der Waals surface area contributed by atoms with Crippen LogP contribution in [-0.4, -0.2) is 67.6 Å². The summed E-state index contributed by atoms with van der Waals surface area (Å²) in [5.74, 6) is -0.667. The molecule has 0 unspecified atom stereocenters. The Morgan fingerprint density at radius 2 is 1.80 bits per heavy atom. The number of fused-ring (bicyclic) bond motifs is 1. The second kappa shape index (κ2) is 13.0. The van der Waals surface area contributed by atoms with Crippen molar-refractivity contribution in [2.24, 2.45) is 5.92 Å². The van der Waals surface area contributed by atoms with Crippen molar-refractivity contribution in [3.8, 4) is 11.5 Å². The monoisotopic (exact) mass is 562 g/mol. The van der Waals surface area contributed by atoms with Crippen molar-refractivity contribution in [1.82, 2.24) is 9.80 Å². The van der Waals surface area contributed by atoms with E-state index in [0.717, 1.165) is 24.1 Å². The second-order valence-electron chi connectivity index (χ2n) is 10.1. The molecule has 2 aliphatic rings. The molecular formula is C32H32F2N2O5. The van der Waals surface area contributed by atoms with Gasteiger partial charge in [0.25, 0.3) is 5.91 Å². The zero-order valence-electron chi connectivity index (χ0n) is 22.8. The summed E-state index contributed by atoms with van der Waals surface area (Å²) in [6.07, 6.45) is 3.44. The van der Waals surface area contributed by atoms with E-state index in [1.165, 1.54) is 25.3 Å². The van der Waals surface area contributed by atoms with Crippen LogP contribution >= 0.6 is 0 Å². The molecule has 3 aromatic carbocycles. The molecule has 7 nitrogen and oxygen atoms in total. The molecule has 2 heterocycles. The van der Waals surface area contributed by atoms with Crippen LogP contribution in [0.1, 0.15) is 27.9 Å². The van der Waals surface area contributed by atoms with Gasteiger partial charge < -0.3 is 24.0 Å². The maximum absolute atomic E-state index is 13.9. The maximum Gasteiger partial charge on any atom is 0.254 e. The number of hydrogen-bond donors (Lipinski definition) is 0. The van der Waals surface area contributed by atoms with Gasteiger partial charge in [-0.3, -0.25) is 9.59 Å². The summed E-state index contributed by atoms with van der Waals surface area (Å²) < 4.78 is 44.1. The highest BCUT2D eigenvalue weighted by Gasteiger charge is 2.44. The Morgan fingerprint density at radius 1 is 0.976 bits per heavy atom. The number of halogens is 2. The molecule has 41 heavy (non-hydrogen) atoms. The van der Waals surface area contributed by atoms with E-state index in [0.29, 0.717) is 56.5 Å². The minimum atomic E-state index is -0.728. The Bertz CT molecular complexity index is 1410. The number of nitrogens with zero attached hydrogens (tertiary/aromatic N) is 2. The molecule has 2 fully saturated rings. The molecule has 9 heteroatoms. The van der Waals surface area contributed by atoms with Crippen LogP contribution in [0.2, 0.25) is 0 Å². The minimum Gasteiger partial charge on any atom is -0.493 e. The first-order valence-electron chi connectivity index (χ1n) is 13.6. The van der Waals surface area contributed by atoms with Crippen LogP contribution in [0.25, 0.3) is 6.08 Å². The number of hydrogen-bond acceptors (Lipinski definition) is 5. The summed E-state index contributed by atoms with van der Waals surface area (Å²) in [7, 11) is 1.53. The van der Waals surface area contributed by atoms with Crippen molar-refractivity contribution in [3.05, 3.63) is 101 Å². The van der Waals surface area contributed by atoms with E-state index in [9.17, 15) is 18.4 Å². The highest BCUT2D eigenvalue weighted by atomic mass is 19.1. The molecule has 0 radical (unpaired) electrons. The van der Waals surface area contributed by atoms with Crippen molar-refractivity contribution >= 4 is 17.9 Å². The topological polar surface area (TPSA) is 68.3 Å². The zero-order chi connectivity index (χ0) is 28.8. The first kappa shape index (κ1) is 28.3. The van der Waals surface area contributed by atoms with Crippen molar-refractivity contribution in [1.29, 1.82) is 0 Å². The third-order valence-corrected chi connectivity index (χ3v) is 7.49. The number of carbonyl (C=O) groups excluding carboxylic acids is 2. The fourth-order valence-corrected chi connectivity index (χ4v) is 5.37. The highest BCUT2D eigenvalue weighted by molar-refractivity contribution is 5.96. The Morgan fingerprint density at radius 3 is 2.59 bits per heavy atom. The molecular weight excluding hydrogens is 530 g/mol. The van der Waals surface area contributed by atoms with Crippen LogP contribution in [0.3, 0.4) is 0 Å². The van der Waals surface area contributed by atoms with Crippen molar-refractivity contribution < 1.29 is 32.6 Å². The van der Waals surface area contributed by atoms with E-state index >= 15 is 0 Å². The SMILES string of the molecule is COc1cc(C(=O)N2C[C@@H]3CCN(C(=O)/C=C/c4ccc(F)cc4F)[C@@H]3C2)ccc1OCCOCc1ccccc1. The fraction of sp³-hybridized carbons (Fsp3) is 0.312. The molecule has 0 bridgehead atoms. The molecule has 5 rings (SSSR count). The molecule has 2 amide bonds. The standard InChI is InChI=1S/C32H32F2N2O5/c1-39-30-17-24(8-11-29(30)41-16-15-40-21-22-5-3-2-4-6-22)32(38)35-19-25-13-14-36(28(25)20-35)31(37)12-9-23-7-10-26(33)18-27(23)34/h2-12,17-18,25,28H,13-16,19-21H2,1H3/b12-9+/t25-,28+/m0/s1. The molecule has 2 aliphatic heterocycles. The zero-order valence-corrected chi connectivity index (χ0v) is 22.8. The van der Waals surface area contributed by atoms with Crippen molar-refractivity contribution in [3.63, 3.8) is 0 Å². The summed E-state index contributed by atoms with van der Waals surface area (Å²) in [4.78, 5) is 29.8. The Kier molecular flexibility index (Phi) is 8.94. The first-order valence-corrected chi connectivity index (χ1v) is 13.6. The second-order valence-corrected chi connectivity index (χ2v) is 10.1. The Balaban J connectivity index is 1.15. The van der Waals surface area contributed by atoms with Gasteiger partial charge in [-0.2, -0.15) is 0 Å². The molecule has 0 aromatic heterocycles. The van der Waals surface area contributed by atoms with Gasteiger partial charge in [0.1, 0.15) is 18.2 Å². The average molecular weight is 563 g/mol. The lowest BCUT2D eigenvalue weighted by Crippen LogP contribution is -2.40. The molecule has 2 atom stereocenters. The maximum atomic E-state index is 13.9. The largest absolute Gasteiger partial charge is 0.493 e. The lowest BCUT2D eigenvalue weighted by atomic mass is 10.1. The summed E-state index contributed by atoms with van der Waals surface area (Å²) in [5, 5.41) is 0. The number of amides is 2. The third kappa shape index (κ3) is 6.74. The Hall–Kier alpha value is -4.24. The van der Waals surface area contributed by atoms with Crippen LogP contribution in [-0.2, 0) is 16.1 Å². The number of rotatable bonds is 10. The van der Waals surface area contributed by atoms with Crippen LogP contribution in [0.15, 0.2) is 72.8 Å². The predicted octanol–water partition coefficient (Wildman–Crippen LogP) is 4.96. The quantitative estimate of drug-likeness (QED) is 0.258. The summed E-state index contributed by atoms with van der Waals surface area (Å²) >= 11 is 0. The van der Waals surface area contributed by atoms with Crippen LogP contribution < -0.4 is 9.47 Å². The van der Waals surface area contributed by atoms with Gasteiger partial charge in [-0.15, -0.1) is 0 Å². The van der Waals surface area contributed by atoms with Gasteiger partial charge in [-0.1, -0.05) is 30.3 Å². The van der Waals surface area contributed by atoms with Gasteiger partial charge in [0.15, 0.2) is 11.5 Å². The van der Waals surface area contributed by atoms with Gasteiger partial charge >= 0.3 is 0 Å². The number of likely N-dealkylation sites (tertiary alicyclic amines) is 2. The van der Waals surface area contributed by atoms with E-state index in [4.69, 9.17) is 14.2 Å². The predicted molar refractivity (Wildman–Crippen MR) is 149 cm³/mol. The summed E-state index contributed by atoms with van der Waals surface area (Å²) in [6.45, 7) is 2.76. The van der Waals surface area contributed by atoms with Crippen molar-refractivity contribution in [2.75, 3.05) is 40.0 Å². The van der Waals surface area contributed by atoms with Crippen LogP contribution in [0.5, 0.6) is 11.5 Å². The van der Waals surface area contributed by atoms with Gasteiger partial charge in [-0.25, -0.2) is 8.78 Å². The lowest BCUT2D eigenvalue weighted by Gasteiger charge is -2.24. The summed E-state index contributed by atoms with van der Waals surface area (Å²) in [6, 6.07) is 18.1. The average Bonchev–Trinajstić information content (AvgIpc) is 3.58. The molecule has 0 saturated carbocycles. The van der Waals surface area contributed by atoms with Crippen LogP contribution in [0, 0.1) is 17.6 Å². The Labute approximate surface area is 237 Å². The van der Waals surface area contributed by atoms with Gasteiger partial charge in [-0.05, 0) is 48.4 Å². The fourth-order valence-electron chi connectivity index (χ4n) is 5.37. The number of carbonyl (C=O) groups is 2. The van der Waals surface area contributed by atoms with Crippen LogP contribution in [0.4, 0.5) is 8.78 Å². The van der Waals surface area contributed by atoms with Gasteiger partial charge in [0.2, 0.25) is 5.91 Å². The molecule has 214 valence electrons. The van der Waals surface area contributed by atoms with E-state index in [1.54, 1.807) is 28.0 Å². The van der Waals surface area contributed by atoms with E-state index in [1.807, 2.05) is 30.3 Å². The first-order chi connectivity index (χ1) is 19.9. The van der Waals surface area contributed by atoms with Gasteiger partial charge in [0, 0.05) is 48.8 Å². The molecule has 2 saturated heterocycles. The normalized spacial score (nSPS) is 18.1. The molecule has 3 aromatic rings. The smallest absolute Gasteiger partial charge is 0.254 e. The van der Waals surface area contributed by atoms with Crippen molar-refractivity contribution in [2.45, 2.75) is 19.1 Å². The lowest BCUT2D eigenvalue weighted by molar-refractivity contribution is -0.126. The molecule has 0 spiro atoms. The minimum absolute atomic E-state index is 0.116. The highest BCUT2D eigenvalue weighted by Crippen LogP contribution is 2.34. The van der Waals surface area contributed by atoms with Gasteiger partial charge in [0.05, 0.1) is 26.4 Å². The summed E-state index contributed by atoms with van der Waals surface area (Å²) in [5.41, 5.74) is 1.70.